The van der Waals surface area contributed by atoms with E-state index in [-0.39, 0.29) is 5.91 Å². The highest BCUT2D eigenvalue weighted by molar-refractivity contribution is 6.35. The average Bonchev–Trinajstić information content (AvgIpc) is 2.51. The maximum absolute atomic E-state index is 12.1. The highest BCUT2D eigenvalue weighted by atomic mass is 35.5. The zero-order valence-corrected chi connectivity index (χ0v) is 14.4. The van der Waals surface area contributed by atoms with Gasteiger partial charge in [0.25, 0.3) is 5.91 Å². The lowest BCUT2D eigenvalue weighted by molar-refractivity contribution is 0.0946. The molecule has 0 saturated carbocycles. The summed E-state index contributed by atoms with van der Waals surface area (Å²) in [6.07, 6.45) is 1.57. The van der Waals surface area contributed by atoms with Crippen molar-refractivity contribution in [2.45, 2.75) is 0 Å². The Kier molecular flexibility index (Phi) is 6.21. The molecule has 1 heterocycles. The van der Waals surface area contributed by atoms with Crippen LogP contribution in [0.2, 0.25) is 10.0 Å². The Morgan fingerprint density at radius 1 is 1.22 bits per heavy atom. The van der Waals surface area contributed by atoms with Gasteiger partial charge >= 0.3 is 0 Å². The minimum Gasteiger partial charge on any atom is -0.354 e. The summed E-state index contributed by atoms with van der Waals surface area (Å²) in [7, 11) is 3.90. The third-order valence-electron chi connectivity index (χ3n) is 3.04. The van der Waals surface area contributed by atoms with Gasteiger partial charge in [-0.05, 0) is 44.4 Å². The molecule has 0 saturated heterocycles. The summed E-state index contributed by atoms with van der Waals surface area (Å²) in [6.45, 7) is 1.33. The fourth-order valence-electron chi connectivity index (χ4n) is 1.86. The van der Waals surface area contributed by atoms with Gasteiger partial charge in [-0.15, -0.1) is 0 Å². The number of aromatic nitrogens is 1. The van der Waals surface area contributed by atoms with Gasteiger partial charge in [-0.25, -0.2) is 0 Å². The van der Waals surface area contributed by atoms with Gasteiger partial charge in [0.15, 0.2) is 0 Å². The number of carbonyl (C=O) groups is 1. The highest BCUT2D eigenvalue weighted by Crippen LogP contribution is 2.28. The lowest BCUT2D eigenvalue weighted by atomic mass is 10.2. The van der Waals surface area contributed by atoms with Crippen molar-refractivity contribution in [1.82, 2.24) is 15.2 Å². The molecule has 1 aromatic heterocycles. The van der Waals surface area contributed by atoms with Gasteiger partial charge in [-0.3, -0.25) is 9.78 Å². The van der Waals surface area contributed by atoms with E-state index in [1.807, 2.05) is 19.0 Å². The molecule has 0 unspecified atom stereocenters. The first kappa shape index (κ1) is 17.5. The molecule has 0 spiro atoms. The molecule has 23 heavy (non-hydrogen) atoms. The average molecular weight is 353 g/mol. The first-order valence-corrected chi connectivity index (χ1v) is 7.82. The molecule has 1 aromatic carbocycles. The second-order valence-electron chi connectivity index (χ2n) is 5.24. The molecule has 122 valence electrons. The second-order valence-corrected chi connectivity index (χ2v) is 6.08. The van der Waals surface area contributed by atoms with Crippen LogP contribution in [-0.2, 0) is 0 Å². The van der Waals surface area contributed by atoms with Gasteiger partial charge < -0.3 is 15.5 Å². The first-order valence-electron chi connectivity index (χ1n) is 7.07. The molecule has 0 bridgehead atoms. The van der Waals surface area contributed by atoms with Crippen LogP contribution in [0.25, 0.3) is 0 Å². The van der Waals surface area contributed by atoms with Crippen LogP contribution in [0.4, 0.5) is 11.4 Å². The Morgan fingerprint density at radius 3 is 2.74 bits per heavy atom. The number of halogens is 2. The summed E-state index contributed by atoms with van der Waals surface area (Å²) in [6, 6.07) is 8.57. The number of carbonyl (C=O) groups excluding carboxylic acids is 1. The molecule has 1 amide bonds. The van der Waals surface area contributed by atoms with E-state index < -0.39 is 0 Å². The van der Waals surface area contributed by atoms with E-state index >= 15 is 0 Å². The van der Waals surface area contributed by atoms with E-state index in [4.69, 9.17) is 23.2 Å². The van der Waals surface area contributed by atoms with Crippen molar-refractivity contribution in [3.63, 3.8) is 0 Å². The van der Waals surface area contributed by atoms with Crippen molar-refractivity contribution < 1.29 is 4.79 Å². The third-order valence-corrected chi connectivity index (χ3v) is 3.61. The van der Waals surface area contributed by atoms with Crippen LogP contribution in [0, 0.1) is 0 Å². The molecule has 2 rings (SSSR count). The van der Waals surface area contributed by atoms with Crippen molar-refractivity contribution in [2.24, 2.45) is 0 Å². The fourth-order valence-corrected chi connectivity index (χ4v) is 2.20. The first-order chi connectivity index (χ1) is 11.0. The number of likely N-dealkylation sites (N-methyl/N-ethyl adjacent to an activating group) is 1. The normalized spacial score (nSPS) is 10.7. The molecule has 2 N–H and O–H groups in total. The SMILES string of the molecule is CN(C)CCNC(=O)c1cc(Nc2cc(Cl)ccc2Cl)ccn1. The van der Waals surface area contributed by atoms with E-state index in [2.05, 4.69) is 15.6 Å². The zero-order valence-electron chi connectivity index (χ0n) is 12.9. The van der Waals surface area contributed by atoms with E-state index in [0.29, 0.717) is 33.7 Å². The summed E-state index contributed by atoms with van der Waals surface area (Å²) in [4.78, 5) is 18.2. The quantitative estimate of drug-likeness (QED) is 0.836. The van der Waals surface area contributed by atoms with Gasteiger partial charge in [0.2, 0.25) is 0 Å². The molecule has 0 radical (unpaired) electrons. The summed E-state index contributed by atoms with van der Waals surface area (Å²) in [5.41, 5.74) is 1.72. The number of nitrogens with zero attached hydrogens (tertiary/aromatic N) is 2. The lowest BCUT2D eigenvalue weighted by Crippen LogP contribution is -2.31. The minimum atomic E-state index is -0.215. The van der Waals surface area contributed by atoms with Crippen LogP contribution < -0.4 is 10.6 Å². The summed E-state index contributed by atoms with van der Waals surface area (Å²) in [5.74, 6) is -0.215. The van der Waals surface area contributed by atoms with Crippen LogP contribution in [0.1, 0.15) is 10.5 Å². The smallest absolute Gasteiger partial charge is 0.269 e. The number of amides is 1. The number of benzene rings is 1. The van der Waals surface area contributed by atoms with Crippen molar-refractivity contribution >= 4 is 40.5 Å². The molecule has 0 atom stereocenters. The number of nitrogens with one attached hydrogen (secondary N) is 2. The van der Waals surface area contributed by atoms with Crippen molar-refractivity contribution in [1.29, 1.82) is 0 Å². The predicted molar refractivity (Wildman–Crippen MR) is 94.9 cm³/mol. The van der Waals surface area contributed by atoms with Crippen LogP contribution in [0.5, 0.6) is 0 Å². The molecule has 5 nitrogen and oxygen atoms in total. The molecular weight excluding hydrogens is 335 g/mol. The zero-order chi connectivity index (χ0) is 16.8. The Hall–Kier alpha value is -1.82. The predicted octanol–water partition coefficient (Wildman–Crippen LogP) is 3.42. The fraction of sp³-hybridized carbons (Fsp3) is 0.250. The lowest BCUT2D eigenvalue weighted by Gasteiger charge is -2.11. The summed E-state index contributed by atoms with van der Waals surface area (Å²) in [5, 5.41) is 7.08. The topological polar surface area (TPSA) is 57.3 Å². The monoisotopic (exact) mass is 352 g/mol. The van der Waals surface area contributed by atoms with E-state index in [9.17, 15) is 4.79 Å². The van der Waals surface area contributed by atoms with Crippen molar-refractivity contribution in [3.05, 3.63) is 52.3 Å². The van der Waals surface area contributed by atoms with Crippen LogP contribution in [-0.4, -0.2) is 43.0 Å². The minimum absolute atomic E-state index is 0.215. The van der Waals surface area contributed by atoms with Crippen molar-refractivity contribution in [2.75, 3.05) is 32.5 Å². The Labute approximate surface area is 145 Å². The van der Waals surface area contributed by atoms with E-state index in [1.54, 1.807) is 36.5 Å². The van der Waals surface area contributed by atoms with Gasteiger partial charge in [0.1, 0.15) is 5.69 Å². The highest BCUT2D eigenvalue weighted by Gasteiger charge is 2.09. The van der Waals surface area contributed by atoms with Crippen LogP contribution in [0.15, 0.2) is 36.5 Å². The Morgan fingerprint density at radius 2 is 2.00 bits per heavy atom. The maximum Gasteiger partial charge on any atom is 0.269 e. The van der Waals surface area contributed by atoms with Gasteiger partial charge in [0.05, 0.1) is 10.7 Å². The molecule has 7 heteroatoms. The maximum atomic E-state index is 12.1. The molecule has 0 fully saturated rings. The molecule has 0 aliphatic carbocycles. The van der Waals surface area contributed by atoms with Crippen LogP contribution >= 0.6 is 23.2 Å². The van der Waals surface area contributed by atoms with Crippen LogP contribution in [0.3, 0.4) is 0 Å². The Balaban J connectivity index is 2.07. The van der Waals surface area contributed by atoms with Crippen molar-refractivity contribution in [3.8, 4) is 0 Å². The molecular formula is C16H18Cl2N4O. The molecule has 0 aliphatic rings. The summed E-state index contributed by atoms with van der Waals surface area (Å²) >= 11 is 12.1. The number of anilines is 2. The molecule has 0 aliphatic heterocycles. The number of pyridine rings is 1. The Bertz CT molecular complexity index is 692. The van der Waals surface area contributed by atoms with Gasteiger partial charge in [0, 0.05) is 30.0 Å². The van der Waals surface area contributed by atoms with E-state index in [0.717, 1.165) is 6.54 Å². The standard InChI is InChI=1S/C16H18Cl2N4O/c1-22(2)8-7-20-16(23)15-10-12(5-6-19-15)21-14-9-11(17)3-4-13(14)18/h3-6,9-10H,7-8H2,1-2H3,(H,19,21)(H,20,23). The molecule has 2 aromatic rings. The number of rotatable bonds is 6. The van der Waals surface area contributed by atoms with Gasteiger partial charge in [-0.2, -0.15) is 0 Å². The number of hydrogen-bond acceptors (Lipinski definition) is 4. The van der Waals surface area contributed by atoms with E-state index in [1.165, 1.54) is 0 Å². The largest absolute Gasteiger partial charge is 0.354 e. The third kappa shape index (κ3) is 5.39. The van der Waals surface area contributed by atoms with Gasteiger partial charge in [-0.1, -0.05) is 23.2 Å². The number of hydrogen-bond donors (Lipinski definition) is 2. The summed E-state index contributed by atoms with van der Waals surface area (Å²) < 4.78 is 0. The second kappa shape index (κ2) is 8.15.